The maximum atomic E-state index is 13.9. The van der Waals surface area contributed by atoms with Gasteiger partial charge in [0.05, 0.1) is 12.7 Å². The molecule has 0 amide bonds. The SMILES string of the molecule is CC1CN(c2c(F)cc(C(=N)N)cc2F)CCO1. The van der Waals surface area contributed by atoms with Crippen LogP contribution in [0.15, 0.2) is 12.1 Å². The third kappa shape index (κ3) is 2.43. The molecule has 98 valence electrons. The van der Waals surface area contributed by atoms with Crippen molar-refractivity contribution < 1.29 is 13.5 Å². The molecule has 2 rings (SSSR count). The second-order valence-corrected chi connectivity index (χ2v) is 4.33. The molecule has 0 bridgehead atoms. The summed E-state index contributed by atoms with van der Waals surface area (Å²) >= 11 is 0. The molecule has 1 fully saturated rings. The van der Waals surface area contributed by atoms with Gasteiger partial charge >= 0.3 is 0 Å². The van der Waals surface area contributed by atoms with Crippen molar-refractivity contribution in [3.8, 4) is 0 Å². The van der Waals surface area contributed by atoms with E-state index in [1.54, 1.807) is 4.90 Å². The fourth-order valence-corrected chi connectivity index (χ4v) is 2.04. The predicted molar refractivity (Wildman–Crippen MR) is 65.0 cm³/mol. The monoisotopic (exact) mass is 255 g/mol. The largest absolute Gasteiger partial charge is 0.384 e. The van der Waals surface area contributed by atoms with Crippen LogP contribution in [0.1, 0.15) is 12.5 Å². The number of nitrogens with two attached hydrogens (primary N) is 1. The summed E-state index contributed by atoms with van der Waals surface area (Å²) in [7, 11) is 0. The van der Waals surface area contributed by atoms with Crippen molar-refractivity contribution >= 4 is 11.5 Å². The lowest BCUT2D eigenvalue weighted by Crippen LogP contribution is -2.42. The molecule has 1 atom stereocenters. The molecule has 4 nitrogen and oxygen atoms in total. The van der Waals surface area contributed by atoms with Gasteiger partial charge < -0.3 is 15.4 Å². The van der Waals surface area contributed by atoms with Crippen LogP contribution in [-0.2, 0) is 4.74 Å². The number of nitrogen functional groups attached to an aromatic ring is 1. The van der Waals surface area contributed by atoms with Crippen LogP contribution in [-0.4, -0.2) is 31.6 Å². The van der Waals surface area contributed by atoms with E-state index in [9.17, 15) is 8.78 Å². The normalized spacial score (nSPS) is 19.9. The Hall–Kier alpha value is -1.69. The van der Waals surface area contributed by atoms with E-state index >= 15 is 0 Å². The molecule has 1 heterocycles. The van der Waals surface area contributed by atoms with Crippen molar-refractivity contribution in [3.63, 3.8) is 0 Å². The molecule has 0 radical (unpaired) electrons. The number of benzene rings is 1. The summed E-state index contributed by atoms with van der Waals surface area (Å²) in [6.07, 6.45) is -0.0648. The molecule has 6 heteroatoms. The first kappa shape index (κ1) is 12.8. The zero-order chi connectivity index (χ0) is 13.3. The van der Waals surface area contributed by atoms with Gasteiger partial charge in [0, 0.05) is 18.7 Å². The van der Waals surface area contributed by atoms with Crippen LogP contribution in [0.4, 0.5) is 14.5 Å². The lowest BCUT2D eigenvalue weighted by atomic mass is 10.1. The van der Waals surface area contributed by atoms with Gasteiger partial charge in [-0.05, 0) is 19.1 Å². The average Bonchev–Trinajstić information content (AvgIpc) is 2.27. The van der Waals surface area contributed by atoms with Crippen LogP contribution in [0.3, 0.4) is 0 Å². The molecule has 0 aromatic heterocycles. The van der Waals surface area contributed by atoms with E-state index in [2.05, 4.69) is 0 Å². The van der Waals surface area contributed by atoms with Crippen molar-refractivity contribution in [1.29, 1.82) is 5.41 Å². The van der Waals surface area contributed by atoms with Gasteiger partial charge in [-0.3, -0.25) is 5.41 Å². The lowest BCUT2D eigenvalue weighted by molar-refractivity contribution is 0.0527. The van der Waals surface area contributed by atoms with E-state index in [0.29, 0.717) is 19.7 Å². The summed E-state index contributed by atoms with van der Waals surface area (Å²) in [5.74, 6) is -1.75. The summed E-state index contributed by atoms with van der Waals surface area (Å²) in [6, 6.07) is 2.17. The van der Waals surface area contributed by atoms with Crippen LogP contribution in [0.2, 0.25) is 0 Å². The summed E-state index contributed by atoms with van der Waals surface area (Å²) in [5.41, 5.74) is 5.20. The number of rotatable bonds is 2. The highest BCUT2D eigenvalue weighted by atomic mass is 19.1. The van der Waals surface area contributed by atoms with E-state index in [1.165, 1.54) is 0 Å². The maximum absolute atomic E-state index is 13.9. The van der Waals surface area contributed by atoms with Crippen LogP contribution >= 0.6 is 0 Å². The van der Waals surface area contributed by atoms with Crippen LogP contribution < -0.4 is 10.6 Å². The van der Waals surface area contributed by atoms with Crippen molar-refractivity contribution in [2.24, 2.45) is 5.73 Å². The van der Waals surface area contributed by atoms with Crippen molar-refractivity contribution in [3.05, 3.63) is 29.3 Å². The Bertz CT molecular complexity index is 455. The van der Waals surface area contributed by atoms with Crippen molar-refractivity contribution in [2.75, 3.05) is 24.6 Å². The Morgan fingerprint density at radius 1 is 1.44 bits per heavy atom. The van der Waals surface area contributed by atoms with E-state index in [0.717, 1.165) is 12.1 Å². The van der Waals surface area contributed by atoms with Gasteiger partial charge in [0.1, 0.15) is 23.2 Å². The molecule has 0 spiro atoms. The summed E-state index contributed by atoms with van der Waals surface area (Å²) in [6.45, 7) is 3.17. The van der Waals surface area contributed by atoms with E-state index < -0.39 is 11.6 Å². The summed E-state index contributed by atoms with van der Waals surface area (Å²) in [5, 5.41) is 7.19. The Balaban J connectivity index is 2.36. The number of amidine groups is 1. The highest BCUT2D eigenvalue weighted by molar-refractivity contribution is 5.95. The Morgan fingerprint density at radius 2 is 2.06 bits per heavy atom. The van der Waals surface area contributed by atoms with Gasteiger partial charge in [-0.15, -0.1) is 0 Å². The fourth-order valence-electron chi connectivity index (χ4n) is 2.04. The minimum atomic E-state index is -0.700. The number of nitrogens with one attached hydrogen (secondary N) is 1. The maximum Gasteiger partial charge on any atom is 0.150 e. The van der Waals surface area contributed by atoms with Gasteiger partial charge in [0.2, 0.25) is 0 Å². The standard InChI is InChI=1S/C12H15F2N3O/c1-7-6-17(2-3-18-7)11-9(13)4-8(12(15)16)5-10(11)14/h4-5,7H,2-3,6H2,1H3,(H3,15,16). The van der Waals surface area contributed by atoms with Gasteiger partial charge in [-0.25, -0.2) is 8.78 Å². The minimum absolute atomic E-state index is 0.0510. The molecular formula is C12H15F2N3O. The van der Waals surface area contributed by atoms with E-state index in [1.807, 2.05) is 6.92 Å². The first-order chi connectivity index (χ1) is 8.49. The Kier molecular flexibility index (Phi) is 3.47. The molecule has 3 N–H and O–H groups in total. The molecule has 1 aromatic rings. The first-order valence-corrected chi connectivity index (χ1v) is 5.69. The van der Waals surface area contributed by atoms with Gasteiger partial charge in [0.15, 0.2) is 0 Å². The second kappa shape index (κ2) is 4.89. The average molecular weight is 255 g/mol. The molecule has 18 heavy (non-hydrogen) atoms. The van der Waals surface area contributed by atoms with Gasteiger partial charge in [0.25, 0.3) is 0 Å². The summed E-state index contributed by atoms with van der Waals surface area (Å²) < 4.78 is 33.1. The molecule has 0 aliphatic carbocycles. The van der Waals surface area contributed by atoms with Crippen molar-refractivity contribution in [2.45, 2.75) is 13.0 Å². The second-order valence-electron chi connectivity index (χ2n) is 4.33. The number of hydrogen-bond acceptors (Lipinski definition) is 3. The number of anilines is 1. The minimum Gasteiger partial charge on any atom is -0.384 e. The molecule has 1 aromatic carbocycles. The van der Waals surface area contributed by atoms with Crippen molar-refractivity contribution in [1.82, 2.24) is 0 Å². The molecule has 1 saturated heterocycles. The molecule has 1 aliphatic rings. The third-order valence-corrected chi connectivity index (χ3v) is 2.89. The molecule has 1 aliphatic heterocycles. The molecular weight excluding hydrogens is 240 g/mol. The molecule has 1 unspecified atom stereocenters. The smallest absolute Gasteiger partial charge is 0.150 e. The van der Waals surface area contributed by atoms with Crippen LogP contribution in [0.25, 0.3) is 0 Å². The fraction of sp³-hybridized carbons (Fsp3) is 0.417. The zero-order valence-corrected chi connectivity index (χ0v) is 10.0. The topological polar surface area (TPSA) is 62.3 Å². The number of hydrogen-bond donors (Lipinski definition) is 2. The lowest BCUT2D eigenvalue weighted by Gasteiger charge is -2.33. The Labute approximate surface area is 104 Å². The number of nitrogens with zero attached hydrogens (tertiary/aromatic N) is 1. The van der Waals surface area contributed by atoms with Gasteiger partial charge in [-0.2, -0.15) is 0 Å². The molecule has 0 saturated carbocycles. The predicted octanol–water partition coefficient (Wildman–Crippen LogP) is 1.47. The third-order valence-electron chi connectivity index (χ3n) is 2.89. The highest BCUT2D eigenvalue weighted by Crippen LogP contribution is 2.26. The summed E-state index contributed by atoms with van der Waals surface area (Å²) in [4.78, 5) is 1.61. The van der Waals surface area contributed by atoms with Crippen LogP contribution in [0, 0.1) is 17.0 Å². The van der Waals surface area contributed by atoms with E-state index in [4.69, 9.17) is 15.9 Å². The van der Waals surface area contributed by atoms with E-state index in [-0.39, 0.29) is 23.2 Å². The quantitative estimate of drug-likeness (QED) is 0.621. The number of halogens is 2. The van der Waals surface area contributed by atoms with Crippen LogP contribution in [0.5, 0.6) is 0 Å². The Morgan fingerprint density at radius 3 is 2.56 bits per heavy atom. The highest BCUT2D eigenvalue weighted by Gasteiger charge is 2.23. The first-order valence-electron chi connectivity index (χ1n) is 5.69. The zero-order valence-electron chi connectivity index (χ0n) is 10.0. The number of ether oxygens (including phenoxy) is 1. The van der Waals surface area contributed by atoms with Gasteiger partial charge in [-0.1, -0.05) is 0 Å². The number of morpholine rings is 1.